The van der Waals surface area contributed by atoms with Gasteiger partial charge in [0.15, 0.2) is 0 Å². The summed E-state index contributed by atoms with van der Waals surface area (Å²) in [6.45, 7) is 3.75. The molecule has 37 heavy (non-hydrogen) atoms. The highest BCUT2D eigenvalue weighted by atomic mass is 35.5. The van der Waals surface area contributed by atoms with Crippen molar-refractivity contribution in [3.63, 3.8) is 0 Å². The first-order valence-electron chi connectivity index (χ1n) is 11.2. The maximum Gasteiger partial charge on any atom is 0.409 e. The Morgan fingerprint density at radius 1 is 1.11 bits per heavy atom. The van der Waals surface area contributed by atoms with Gasteiger partial charge in [0.25, 0.3) is 5.56 Å². The van der Waals surface area contributed by atoms with Crippen LogP contribution in [0, 0.1) is 6.92 Å². The summed E-state index contributed by atoms with van der Waals surface area (Å²) in [5.74, 6) is 0.609. The molecule has 0 radical (unpaired) electrons. The maximum absolute atomic E-state index is 13.3. The molecule has 0 saturated carbocycles. The summed E-state index contributed by atoms with van der Waals surface area (Å²) >= 11 is 6.27. The van der Waals surface area contributed by atoms with Crippen LogP contribution in [-0.2, 0) is 0 Å². The zero-order valence-corrected chi connectivity index (χ0v) is 20.5. The molecule has 12 heteroatoms. The van der Waals surface area contributed by atoms with Crippen LogP contribution in [0.25, 0.3) is 28.1 Å². The first-order chi connectivity index (χ1) is 17.8. The van der Waals surface area contributed by atoms with E-state index in [0.29, 0.717) is 27.8 Å². The number of carboxylic acid groups (broad SMARTS) is 1. The van der Waals surface area contributed by atoms with E-state index in [1.165, 1.54) is 11.0 Å². The summed E-state index contributed by atoms with van der Waals surface area (Å²) < 4.78 is 3.18. The minimum Gasteiger partial charge on any atom is -0.465 e. The number of hydrogen-bond donors (Lipinski definition) is 3. The molecule has 3 N–H and O–H groups in total. The number of tetrazole rings is 1. The SMILES string of the molecule is Cc1cc(-c2cc(Cl)ccc2-n2cnnn2)cc(=O)n1C(C)c1ncc(-c2ccc(NC(=O)O)cc2)[nH]1. The molecule has 3 heterocycles. The lowest BCUT2D eigenvalue weighted by atomic mass is 10.0. The fraction of sp³-hybridized carbons (Fsp3) is 0.120. The smallest absolute Gasteiger partial charge is 0.409 e. The Balaban J connectivity index is 1.46. The van der Waals surface area contributed by atoms with Gasteiger partial charge in [0, 0.05) is 28.0 Å². The normalized spacial score (nSPS) is 11.9. The number of aryl methyl sites for hydroxylation is 1. The number of H-pyrrole nitrogens is 1. The Morgan fingerprint density at radius 2 is 1.89 bits per heavy atom. The highest BCUT2D eigenvalue weighted by molar-refractivity contribution is 6.31. The monoisotopic (exact) mass is 516 g/mol. The van der Waals surface area contributed by atoms with Crippen molar-refractivity contribution >= 4 is 23.4 Å². The molecule has 3 aromatic heterocycles. The molecule has 1 amide bonds. The van der Waals surface area contributed by atoms with Gasteiger partial charge < -0.3 is 14.7 Å². The summed E-state index contributed by atoms with van der Waals surface area (Å²) in [7, 11) is 0. The van der Waals surface area contributed by atoms with Crippen molar-refractivity contribution in [2.75, 3.05) is 5.32 Å². The van der Waals surface area contributed by atoms with Gasteiger partial charge in [0.1, 0.15) is 12.2 Å². The summed E-state index contributed by atoms with van der Waals surface area (Å²) in [4.78, 5) is 31.9. The highest BCUT2D eigenvalue weighted by Crippen LogP contribution is 2.30. The van der Waals surface area contributed by atoms with E-state index < -0.39 is 6.09 Å². The molecule has 0 fully saturated rings. The number of anilines is 1. The van der Waals surface area contributed by atoms with Crippen molar-refractivity contribution in [3.8, 4) is 28.1 Å². The minimum atomic E-state index is -1.13. The van der Waals surface area contributed by atoms with Crippen molar-refractivity contribution in [1.82, 2.24) is 34.7 Å². The van der Waals surface area contributed by atoms with E-state index >= 15 is 0 Å². The molecule has 11 nitrogen and oxygen atoms in total. The second-order valence-electron chi connectivity index (χ2n) is 8.38. The number of benzene rings is 2. The largest absolute Gasteiger partial charge is 0.465 e. The van der Waals surface area contributed by atoms with Gasteiger partial charge in [-0.15, -0.1) is 5.10 Å². The van der Waals surface area contributed by atoms with E-state index in [9.17, 15) is 9.59 Å². The van der Waals surface area contributed by atoms with Gasteiger partial charge in [0.2, 0.25) is 0 Å². The summed E-state index contributed by atoms with van der Waals surface area (Å²) in [6.07, 6.45) is 2.04. The fourth-order valence-electron chi connectivity index (χ4n) is 4.25. The first kappa shape index (κ1) is 23.9. The van der Waals surface area contributed by atoms with Gasteiger partial charge >= 0.3 is 6.09 Å². The number of aromatic nitrogens is 7. The van der Waals surface area contributed by atoms with Crippen molar-refractivity contribution in [1.29, 1.82) is 0 Å². The van der Waals surface area contributed by atoms with Crippen LogP contribution in [0.3, 0.4) is 0 Å². The van der Waals surface area contributed by atoms with Crippen LogP contribution in [0.4, 0.5) is 10.5 Å². The number of pyridine rings is 1. The number of amides is 1. The number of nitrogens with one attached hydrogen (secondary N) is 2. The molecule has 1 unspecified atom stereocenters. The second-order valence-corrected chi connectivity index (χ2v) is 8.81. The molecule has 186 valence electrons. The van der Waals surface area contributed by atoms with Crippen LogP contribution >= 0.6 is 11.6 Å². The topological polar surface area (TPSA) is 144 Å². The van der Waals surface area contributed by atoms with Crippen LogP contribution < -0.4 is 10.9 Å². The van der Waals surface area contributed by atoms with E-state index in [1.807, 2.05) is 19.9 Å². The molecular weight excluding hydrogens is 496 g/mol. The number of aromatic amines is 1. The second kappa shape index (κ2) is 9.70. The van der Waals surface area contributed by atoms with Gasteiger partial charge in [-0.3, -0.25) is 10.1 Å². The first-order valence-corrected chi connectivity index (χ1v) is 11.6. The van der Waals surface area contributed by atoms with Crippen molar-refractivity contribution in [2.24, 2.45) is 0 Å². The molecule has 1 atom stereocenters. The Kier molecular flexibility index (Phi) is 6.28. The quantitative estimate of drug-likeness (QED) is 0.300. The lowest BCUT2D eigenvalue weighted by molar-refractivity contribution is 0.209. The predicted molar refractivity (Wildman–Crippen MR) is 138 cm³/mol. The molecular formula is C25H21ClN8O3. The van der Waals surface area contributed by atoms with Gasteiger partial charge in [-0.25, -0.2) is 9.78 Å². The number of halogens is 1. The third-order valence-corrected chi connectivity index (χ3v) is 6.19. The Bertz CT molecular complexity index is 1640. The summed E-state index contributed by atoms with van der Waals surface area (Å²) in [5.41, 5.74) is 4.68. The molecule has 0 aliphatic heterocycles. The van der Waals surface area contributed by atoms with E-state index in [2.05, 4.69) is 30.8 Å². The Hall–Kier alpha value is -4.77. The summed E-state index contributed by atoms with van der Waals surface area (Å²) in [5, 5.41) is 23.0. The van der Waals surface area contributed by atoms with Crippen LogP contribution in [0.1, 0.15) is 24.5 Å². The van der Waals surface area contributed by atoms with Crippen LogP contribution in [-0.4, -0.2) is 45.9 Å². The molecule has 0 aliphatic carbocycles. The molecule has 2 aromatic carbocycles. The van der Waals surface area contributed by atoms with Gasteiger partial charge in [-0.1, -0.05) is 23.7 Å². The van der Waals surface area contributed by atoms with E-state index in [1.54, 1.807) is 59.3 Å². The van der Waals surface area contributed by atoms with Crippen molar-refractivity contribution in [3.05, 3.63) is 94.0 Å². The van der Waals surface area contributed by atoms with Gasteiger partial charge in [-0.05, 0) is 71.8 Å². The molecule has 5 rings (SSSR count). The average molecular weight is 517 g/mol. The van der Waals surface area contributed by atoms with E-state index in [-0.39, 0.29) is 11.6 Å². The Morgan fingerprint density at radius 3 is 2.57 bits per heavy atom. The van der Waals surface area contributed by atoms with Gasteiger partial charge in [0.05, 0.1) is 23.6 Å². The molecule has 0 bridgehead atoms. The van der Waals surface area contributed by atoms with Crippen molar-refractivity contribution < 1.29 is 9.90 Å². The minimum absolute atomic E-state index is 0.202. The van der Waals surface area contributed by atoms with Gasteiger partial charge in [-0.2, -0.15) is 4.68 Å². The van der Waals surface area contributed by atoms with Crippen LogP contribution in [0.5, 0.6) is 0 Å². The summed E-state index contributed by atoms with van der Waals surface area (Å²) in [6, 6.07) is 15.3. The lowest BCUT2D eigenvalue weighted by Gasteiger charge is -2.18. The fourth-order valence-corrected chi connectivity index (χ4v) is 4.42. The van der Waals surface area contributed by atoms with E-state index in [0.717, 1.165) is 22.5 Å². The number of carbonyl (C=O) groups is 1. The predicted octanol–water partition coefficient (Wildman–Crippen LogP) is 4.54. The molecule has 0 saturated heterocycles. The molecule has 0 spiro atoms. The molecule has 0 aliphatic rings. The third kappa shape index (κ3) is 4.84. The maximum atomic E-state index is 13.3. The standard InChI is InChI=1S/C25H21ClN8O3/c1-14-9-17(20-11-18(26)5-8-22(20)33-13-28-31-32-33)10-23(35)34(14)15(2)24-27-12-21(30-24)16-3-6-19(7-4-16)29-25(36)37/h3-13,15,29H,1-2H3,(H,27,30)(H,36,37). The number of hydrogen-bond acceptors (Lipinski definition) is 6. The Labute approximate surface area is 215 Å². The lowest BCUT2D eigenvalue weighted by Crippen LogP contribution is -2.26. The molecule has 5 aromatic rings. The average Bonchev–Trinajstić information content (AvgIpc) is 3.56. The van der Waals surface area contributed by atoms with E-state index in [4.69, 9.17) is 16.7 Å². The number of rotatable bonds is 6. The van der Waals surface area contributed by atoms with Crippen molar-refractivity contribution in [2.45, 2.75) is 19.9 Å². The third-order valence-electron chi connectivity index (χ3n) is 5.95. The highest BCUT2D eigenvalue weighted by Gasteiger charge is 2.18. The van der Waals surface area contributed by atoms with Crippen LogP contribution in [0.15, 0.2) is 71.9 Å². The number of nitrogens with zero attached hydrogens (tertiary/aromatic N) is 6. The zero-order chi connectivity index (χ0) is 26.1. The van der Waals surface area contributed by atoms with Crippen LogP contribution in [0.2, 0.25) is 5.02 Å². The zero-order valence-electron chi connectivity index (χ0n) is 19.8. The number of imidazole rings is 1.